The number of ether oxygens (including phenoxy) is 1. The van der Waals surface area contributed by atoms with Crippen molar-refractivity contribution in [3.8, 4) is 0 Å². The lowest BCUT2D eigenvalue weighted by Gasteiger charge is -2.37. The first kappa shape index (κ1) is 25.1. The molecule has 2 rings (SSSR count). The van der Waals surface area contributed by atoms with Crippen LogP contribution in [0.3, 0.4) is 0 Å². The fraction of sp³-hybridized carbons (Fsp3) is 0.654. The van der Waals surface area contributed by atoms with Gasteiger partial charge in [-0.1, -0.05) is 71.9 Å². The summed E-state index contributed by atoms with van der Waals surface area (Å²) in [7, 11) is 0. The number of aryl methyl sites for hydroxylation is 1. The first-order valence-corrected chi connectivity index (χ1v) is 11.7. The van der Waals surface area contributed by atoms with Gasteiger partial charge >= 0.3 is 5.97 Å². The molecule has 0 N–H and O–H groups in total. The molecule has 0 spiro atoms. The third-order valence-corrected chi connectivity index (χ3v) is 6.83. The van der Waals surface area contributed by atoms with Crippen LogP contribution in [0.25, 0.3) is 0 Å². The van der Waals surface area contributed by atoms with E-state index in [1.807, 2.05) is 45.9 Å². The largest absolute Gasteiger partial charge is 0.461 e. The number of hydrogen-bond donors (Lipinski definition) is 0. The predicted octanol–water partition coefficient (Wildman–Crippen LogP) is 4.82. The Morgan fingerprint density at radius 1 is 1.06 bits per heavy atom. The number of piperidine rings is 1. The van der Waals surface area contributed by atoms with E-state index in [4.69, 9.17) is 4.74 Å². The zero-order valence-corrected chi connectivity index (χ0v) is 20.0. The van der Waals surface area contributed by atoms with E-state index in [1.165, 1.54) is 10.5 Å². The van der Waals surface area contributed by atoms with E-state index >= 15 is 0 Å². The Balaban J connectivity index is 2.09. The van der Waals surface area contributed by atoms with Gasteiger partial charge in [-0.2, -0.15) is 0 Å². The SMILES string of the molecule is CC(C)[C@@H](CCc1ccccc1)OC(=O)[C@@H]1CCCCN1C(=O)C(=O)C(C)(C)C(C)C. The average Bonchev–Trinajstić information content (AvgIpc) is 2.75. The Hall–Kier alpha value is -2.17. The van der Waals surface area contributed by atoms with Gasteiger partial charge in [0.2, 0.25) is 5.78 Å². The molecule has 31 heavy (non-hydrogen) atoms. The van der Waals surface area contributed by atoms with Gasteiger partial charge < -0.3 is 9.64 Å². The number of esters is 1. The van der Waals surface area contributed by atoms with Crippen LogP contribution in [0.1, 0.15) is 72.8 Å². The number of carbonyl (C=O) groups is 3. The zero-order valence-electron chi connectivity index (χ0n) is 20.0. The molecule has 0 aromatic heterocycles. The second-order valence-corrected chi connectivity index (χ2v) is 9.96. The maximum Gasteiger partial charge on any atom is 0.329 e. The van der Waals surface area contributed by atoms with Gasteiger partial charge in [-0.25, -0.2) is 4.79 Å². The Labute approximate surface area is 187 Å². The van der Waals surface area contributed by atoms with Crippen molar-refractivity contribution in [2.75, 3.05) is 6.54 Å². The van der Waals surface area contributed by atoms with Gasteiger partial charge in [-0.05, 0) is 49.5 Å². The van der Waals surface area contributed by atoms with E-state index in [2.05, 4.69) is 12.1 Å². The Kier molecular flexibility index (Phi) is 8.84. The van der Waals surface area contributed by atoms with Crippen LogP contribution in [0.4, 0.5) is 0 Å². The summed E-state index contributed by atoms with van der Waals surface area (Å²) in [6.45, 7) is 12.0. The van der Waals surface area contributed by atoms with Crippen LogP contribution in [-0.4, -0.2) is 41.3 Å². The van der Waals surface area contributed by atoms with Gasteiger partial charge in [0.15, 0.2) is 0 Å². The molecular formula is C26H39NO4. The topological polar surface area (TPSA) is 63.7 Å². The molecule has 1 aromatic rings. The van der Waals surface area contributed by atoms with Crippen molar-refractivity contribution >= 4 is 17.7 Å². The van der Waals surface area contributed by atoms with Gasteiger partial charge in [0.25, 0.3) is 5.91 Å². The minimum Gasteiger partial charge on any atom is -0.461 e. The minimum atomic E-state index is -0.765. The van der Waals surface area contributed by atoms with Crippen molar-refractivity contribution in [2.24, 2.45) is 17.3 Å². The van der Waals surface area contributed by atoms with E-state index < -0.39 is 23.1 Å². The number of nitrogens with zero attached hydrogens (tertiary/aromatic N) is 1. The summed E-state index contributed by atoms with van der Waals surface area (Å²) in [5.74, 6) is -1.16. The van der Waals surface area contributed by atoms with Crippen LogP contribution in [0, 0.1) is 17.3 Å². The predicted molar refractivity (Wildman–Crippen MR) is 122 cm³/mol. The number of likely N-dealkylation sites (tertiary alicyclic amines) is 1. The quantitative estimate of drug-likeness (QED) is 0.417. The highest BCUT2D eigenvalue weighted by Crippen LogP contribution is 2.30. The van der Waals surface area contributed by atoms with E-state index in [-0.39, 0.29) is 23.9 Å². The fourth-order valence-electron chi connectivity index (χ4n) is 3.80. The van der Waals surface area contributed by atoms with Crippen LogP contribution in [0.2, 0.25) is 0 Å². The van der Waals surface area contributed by atoms with Gasteiger partial charge in [-0.3, -0.25) is 9.59 Å². The summed E-state index contributed by atoms with van der Waals surface area (Å²) in [6, 6.07) is 9.47. The molecule has 172 valence electrons. The Morgan fingerprint density at radius 3 is 2.29 bits per heavy atom. The molecule has 1 aliphatic heterocycles. The van der Waals surface area contributed by atoms with Crippen LogP contribution in [0.5, 0.6) is 0 Å². The van der Waals surface area contributed by atoms with Crippen molar-refractivity contribution in [3.05, 3.63) is 35.9 Å². The minimum absolute atomic E-state index is 0.0300. The van der Waals surface area contributed by atoms with E-state index in [0.29, 0.717) is 13.0 Å². The molecule has 0 bridgehead atoms. The maximum atomic E-state index is 13.1. The van der Waals surface area contributed by atoms with E-state index in [9.17, 15) is 14.4 Å². The van der Waals surface area contributed by atoms with Crippen LogP contribution in [0.15, 0.2) is 30.3 Å². The molecule has 1 fully saturated rings. The van der Waals surface area contributed by atoms with Crippen molar-refractivity contribution < 1.29 is 19.1 Å². The third kappa shape index (κ3) is 6.41. The maximum absolute atomic E-state index is 13.1. The van der Waals surface area contributed by atoms with Crippen LogP contribution in [-0.2, 0) is 25.5 Å². The van der Waals surface area contributed by atoms with Gasteiger partial charge in [0, 0.05) is 12.0 Å². The summed E-state index contributed by atoms with van der Waals surface area (Å²) < 4.78 is 5.92. The van der Waals surface area contributed by atoms with Crippen molar-refractivity contribution in [1.82, 2.24) is 4.90 Å². The molecule has 1 aliphatic rings. The number of benzene rings is 1. The standard InChI is InChI=1S/C26H39NO4/c1-18(2)22(16-15-20-12-8-7-9-13-20)31-25(30)21-14-10-11-17-27(21)24(29)23(28)26(5,6)19(3)4/h7-9,12-13,18-19,21-22H,10-11,14-17H2,1-6H3/t21-,22+/m0/s1. The van der Waals surface area contributed by atoms with Crippen LogP contribution < -0.4 is 0 Å². The molecule has 0 aliphatic carbocycles. The number of carbonyl (C=O) groups excluding carboxylic acids is 3. The van der Waals surface area contributed by atoms with E-state index in [1.54, 1.807) is 13.8 Å². The molecule has 1 saturated heterocycles. The van der Waals surface area contributed by atoms with Gasteiger partial charge in [0.05, 0.1) is 0 Å². The lowest BCUT2D eigenvalue weighted by atomic mass is 9.76. The molecule has 2 atom stereocenters. The average molecular weight is 430 g/mol. The zero-order chi connectivity index (χ0) is 23.2. The molecule has 1 aromatic carbocycles. The first-order chi connectivity index (χ1) is 14.6. The molecule has 1 amide bonds. The number of Topliss-reactive ketones (excluding diaryl/α,β-unsaturated/α-hetero) is 1. The van der Waals surface area contributed by atoms with Gasteiger partial charge in [0.1, 0.15) is 12.1 Å². The third-order valence-electron chi connectivity index (χ3n) is 6.83. The van der Waals surface area contributed by atoms with Crippen molar-refractivity contribution in [2.45, 2.75) is 85.8 Å². The molecule has 0 saturated carbocycles. The summed E-state index contributed by atoms with van der Waals surface area (Å²) >= 11 is 0. The second kappa shape index (κ2) is 10.9. The normalized spacial score (nSPS) is 18.2. The highest BCUT2D eigenvalue weighted by molar-refractivity contribution is 6.38. The number of ketones is 1. The second-order valence-electron chi connectivity index (χ2n) is 9.96. The highest BCUT2D eigenvalue weighted by Gasteiger charge is 2.42. The van der Waals surface area contributed by atoms with E-state index in [0.717, 1.165) is 25.7 Å². The lowest BCUT2D eigenvalue weighted by Crippen LogP contribution is -2.54. The smallest absolute Gasteiger partial charge is 0.329 e. The summed E-state index contributed by atoms with van der Waals surface area (Å²) in [4.78, 5) is 40.6. The summed E-state index contributed by atoms with van der Waals surface area (Å²) in [5.41, 5.74) is 0.444. The molecule has 0 unspecified atom stereocenters. The number of rotatable bonds is 9. The monoisotopic (exact) mass is 429 g/mol. The molecule has 1 heterocycles. The molecule has 5 nitrogen and oxygen atoms in total. The van der Waals surface area contributed by atoms with Crippen molar-refractivity contribution in [1.29, 1.82) is 0 Å². The van der Waals surface area contributed by atoms with Crippen molar-refractivity contribution in [3.63, 3.8) is 0 Å². The molecular weight excluding hydrogens is 390 g/mol. The van der Waals surface area contributed by atoms with Gasteiger partial charge in [-0.15, -0.1) is 0 Å². The molecule has 5 heteroatoms. The highest BCUT2D eigenvalue weighted by atomic mass is 16.5. The Bertz CT molecular complexity index is 754. The van der Waals surface area contributed by atoms with Crippen LogP contribution >= 0.6 is 0 Å². The summed E-state index contributed by atoms with van der Waals surface area (Å²) in [6.07, 6.45) is 3.52. The molecule has 0 radical (unpaired) electrons. The first-order valence-electron chi connectivity index (χ1n) is 11.7. The Morgan fingerprint density at radius 2 is 1.71 bits per heavy atom. The lowest BCUT2D eigenvalue weighted by molar-refractivity contribution is -0.166. The number of amides is 1. The fourth-order valence-corrected chi connectivity index (χ4v) is 3.80. The number of hydrogen-bond acceptors (Lipinski definition) is 4. The summed E-state index contributed by atoms with van der Waals surface area (Å²) in [5, 5.41) is 0.